The summed E-state index contributed by atoms with van der Waals surface area (Å²) >= 11 is 0. The van der Waals surface area contributed by atoms with Crippen molar-refractivity contribution in [2.24, 2.45) is 0 Å². The van der Waals surface area contributed by atoms with Gasteiger partial charge in [-0.3, -0.25) is 0 Å². The van der Waals surface area contributed by atoms with Gasteiger partial charge in [0, 0.05) is 24.6 Å². The standard InChI is InChI=1S/C21H21FN2O3/c1-25-19-8-2-15(3-9-19)12-23-21(13-26-14-21)11-18-10-20(27-24-18)16-4-6-17(22)7-5-16/h2-10,23H,11-14H2,1H3. The van der Waals surface area contributed by atoms with E-state index < -0.39 is 0 Å². The molecule has 0 aliphatic carbocycles. The third-order valence-electron chi connectivity index (χ3n) is 4.79. The van der Waals surface area contributed by atoms with Crippen molar-refractivity contribution in [3.8, 4) is 17.1 Å². The number of benzene rings is 2. The lowest BCUT2D eigenvalue weighted by atomic mass is 9.90. The van der Waals surface area contributed by atoms with Crippen LogP contribution in [0.4, 0.5) is 4.39 Å². The van der Waals surface area contributed by atoms with Gasteiger partial charge in [0.15, 0.2) is 5.76 Å². The van der Waals surface area contributed by atoms with Gasteiger partial charge in [-0.1, -0.05) is 17.3 Å². The fraction of sp³-hybridized carbons (Fsp3) is 0.286. The summed E-state index contributed by atoms with van der Waals surface area (Å²) in [6.45, 7) is 1.99. The normalized spacial score (nSPS) is 15.3. The Morgan fingerprint density at radius 1 is 1.11 bits per heavy atom. The van der Waals surface area contributed by atoms with Crippen LogP contribution in [-0.2, 0) is 17.7 Å². The summed E-state index contributed by atoms with van der Waals surface area (Å²) in [5, 5.41) is 7.77. The number of hydrogen-bond acceptors (Lipinski definition) is 5. The molecule has 27 heavy (non-hydrogen) atoms. The summed E-state index contributed by atoms with van der Waals surface area (Å²) in [5.74, 6) is 1.21. The predicted molar refractivity (Wildman–Crippen MR) is 99.0 cm³/mol. The van der Waals surface area contributed by atoms with E-state index in [1.54, 1.807) is 19.2 Å². The van der Waals surface area contributed by atoms with Crippen molar-refractivity contribution in [2.45, 2.75) is 18.5 Å². The predicted octanol–water partition coefficient (Wildman–Crippen LogP) is 3.59. The molecule has 1 aliphatic rings. The molecule has 140 valence electrons. The largest absolute Gasteiger partial charge is 0.497 e. The molecule has 1 N–H and O–H groups in total. The minimum Gasteiger partial charge on any atom is -0.497 e. The first-order valence-corrected chi connectivity index (χ1v) is 8.83. The molecule has 0 amide bonds. The summed E-state index contributed by atoms with van der Waals surface area (Å²) in [6.07, 6.45) is 0.702. The second kappa shape index (κ2) is 7.50. The maximum atomic E-state index is 13.1. The highest BCUT2D eigenvalue weighted by atomic mass is 19.1. The zero-order valence-electron chi connectivity index (χ0n) is 15.1. The molecular formula is C21H21FN2O3. The van der Waals surface area contributed by atoms with Gasteiger partial charge in [-0.15, -0.1) is 0 Å². The number of hydrogen-bond donors (Lipinski definition) is 1. The number of ether oxygens (including phenoxy) is 2. The van der Waals surface area contributed by atoms with E-state index in [1.165, 1.54) is 17.7 Å². The van der Waals surface area contributed by atoms with E-state index in [0.717, 1.165) is 23.6 Å². The zero-order valence-corrected chi connectivity index (χ0v) is 15.1. The summed E-state index contributed by atoms with van der Waals surface area (Å²) < 4.78 is 29.2. The second-order valence-electron chi connectivity index (χ2n) is 6.84. The molecule has 1 aromatic heterocycles. The highest BCUT2D eigenvalue weighted by Crippen LogP contribution is 2.26. The fourth-order valence-electron chi connectivity index (χ4n) is 3.14. The van der Waals surface area contributed by atoms with Crippen molar-refractivity contribution >= 4 is 0 Å². The number of nitrogens with one attached hydrogen (secondary N) is 1. The third kappa shape index (κ3) is 4.02. The molecule has 3 aromatic rings. The Morgan fingerprint density at radius 3 is 2.48 bits per heavy atom. The summed E-state index contributed by atoms with van der Waals surface area (Å²) in [7, 11) is 1.66. The SMILES string of the molecule is COc1ccc(CNC2(Cc3cc(-c4ccc(F)cc4)on3)COC2)cc1. The van der Waals surface area contributed by atoms with Gasteiger partial charge in [-0.05, 0) is 42.0 Å². The van der Waals surface area contributed by atoms with Crippen LogP contribution >= 0.6 is 0 Å². The van der Waals surface area contributed by atoms with Crippen LogP contribution in [0.1, 0.15) is 11.3 Å². The van der Waals surface area contributed by atoms with Crippen LogP contribution in [0.3, 0.4) is 0 Å². The van der Waals surface area contributed by atoms with Crippen LogP contribution in [0.15, 0.2) is 59.1 Å². The van der Waals surface area contributed by atoms with Crippen LogP contribution in [-0.4, -0.2) is 31.0 Å². The van der Waals surface area contributed by atoms with Crippen molar-refractivity contribution in [3.63, 3.8) is 0 Å². The Kier molecular flexibility index (Phi) is 4.92. The summed E-state index contributed by atoms with van der Waals surface area (Å²) in [4.78, 5) is 0. The highest BCUT2D eigenvalue weighted by molar-refractivity contribution is 5.57. The Hall–Kier alpha value is -2.70. The van der Waals surface area contributed by atoms with Crippen molar-refractivity contribution < 1.29 is 18.4 Å². The molecule has 6 heteroatoms. The molecule has 2 aromatic carbocycles. The molecular weight excluding hydrogens is 347 g/mol. The molecule has 1 fully saturated rings. The number of halogens is 1. The molecule has 0 atom stereocenters. The molecule has 1 saturated heterocycles. The molecule has 0 unspecified atom stereocenters. The van der Waals surface area contributed by atoms with Gasteiger partial charge in [0.05, 0.1) is 31.6 Å². The van der Waals surface area contributed by atoms with E-state index in [2.05, 4.69) is 10.5 Å². The molecule has 4 rings (SSSR count). The topological polar surface area (TPSA) is 56.5 Å². The summed E-state index contributed by atoms with van der Waals surface area (Å²) in [5.41, 5.74) is 2.67. The second-order valence-corrected chi connectivity index (χ2v) is 6.84. The Morgan fingerprint density at radius 2 is 1.85 bits per heavy atom. The summed E-state index contributed by atoms with van der Waals surface area (Å²) in [6, 6.07) is 16.1. The molecule has 0 spiro atoms. The van der Waals surface area contributed by atoms with Gasteiger partial charge in [0.2, 0.25) is 0 Å². The minimum atomic E-state index is -0.271. The van der Waals surface area contributed by atoms with Crippen LogP contribution in [0, 0.1) is 5.82 Å². The number of aromatic nitrogens is 1. The molecule has 0 bridgehead atoms. The molecule has 5 nitrogen and oxygen atoms in total. The molecule has 0 radical (unpaired) electrons. The van der Waals surface area contributed by atoms with E-state index in [-0.39, 0.29) is 11.4 Å². The monoisotopic (exact) mass is 368 g/mol. The Bertz CT molecular complexity index is 887. The van der Waals surface area contributed by atoms with Crippen LogP contribution < -0.4 is 10.1 Å². The first-order chi connectivity index (χ1) is 13.2. The van der Waals surface area contributed by atoms with Gasteiger partial charge >= 0.3 is 0 Å². The lowest BCUT2D eigenvalue weighted by Crippen LogP contribution is -2.61. The third-order valence-corrected chi connectivity index (χ3v) is 4.79. The van der Waals surface area contributed by atoms with Crippen LogP contribution in [0.2, 0.25) is 0 Å². The van der Waals surface area contributed by atoms with E-state index in [1.807, 2.05) is 30.3 Å². The number of rotatable bonds is 7. The highest BCUT2D eigenvalue weighted by Gasteiger charge is 2.39. The average Bonchev–Trinajstić information content (AvgIpc) is 3.13. The number of nitrogens with zero attached hydrogens (tertiary/aromatic N) is 1. The van der Waals surface area contributed by atoms with Gasteiger partial charge in [0.1, 0.15) is 11.6 Å². The minimum absolute atomic E-state index is 0.156. The zero-order chi connectivity index (χ0) is 18.7. The van der Waals surface area contributed by atoms with Crippen molar-refractivity contribution in [2.75, 3.05) is 20.3 Å². The smallest absolute Gasteiger partial charge is 0.167 e. The maximum absolute atomic E-state index is 13.1. The first kappa shape index (κ1) is 17.7. The van der Waals surface area contributed by atoms with Gasteiger partial charge < -0.3 is 19.3 Å². The Labute approximate surface area is 157 Å². The quantitative estimate of drug-likeness (QED) is 0.691. The lowest BCUT2D eigenvalue weighted by molar-refractivity contribution is -0.0755. The molecule has 1 aliphatic heterocycles. The van der Waals surface area contributed by atoms with Crippen LogP contribution in [0.25, 0.3) is 11.3 Å². The van der Waals surface area contributed by atoms with Gasteiger partial charge in [-0.2, -0.15) is 0 Å². The van der Waals surface area contributed by atoms with Crippen molar-refractivity contribution in [1.29, 1.82) is 0 Å². The Balaban J connectivity index is 1.41. The van der Waals surface area contributed by atoms with E-state index in [4.69, 9.17) is 14.0 Å². The van der Waals surface area contributed by atoms with Crippen molar-refractivity contribution in [3.05, 3.63) is 71.7 Å². The van der Waals surface area contributed by atoms with E-state index >= 15 is 0 Å². The van der Waals surface area contributed by atoms with E-state index in [9.17, 15) is 4.39 Å². The average molecular weight is 368 g/mol. The van der Waals surface area contributed by atoms with Crippen molar-refractivity contribution in [1.82, 2.24) is 10.5 Å². The van der Waals surface area contributed by atoms with Gasteiger partial charge in [0.25, 0.3) is 0 Å². The molecule has 0 saturated carbocycles. The molecule has 2 heterocycles. The van der Waals surface area contributed by atoms with Gasteiger partial charge in [-0.25, -0.2) is 4.39 Å². The van der Waals surface area contributed by atoms with Crippen LogP contribution in [0.5, 0.6) is 5.75 Å². The fourth-order valence-corrected chi connectivity index (χ4v) is 3.14. The first-order valence-electron chi connectivity index (χ1n) is 8.83. The van der Waals surface area contributed by atoms with E-state index in [0.29, 0.717) is 25.4 Å². The number of methoxy groups -OCH3 is 1. The maximum Gasteiger partial charge on any atom is 0.167 e. The lowest BCUT2D eigenvalue weighted by Gasteiger charge is -2.42.